The van der Waals surface area contributed by atoms with Crippen LogP contribution < -0.4 is 10.1 Å². The fourth-order valence-electron chi connectivity index (χ4n) is 5.21. The highest BCUT2D eigenvalue weighted by molar-refractivity contribution is 5.94. The Kier molecular flexibility index (Phi) is 7.40. The minimum absolute atomic E-state index is 0.115. The number of hydrogen-bond acceptors (Lipinski definition) is 4. The normalized spacial score (nSPS) is 17.0. The molecule has 0 aliphatic carbocycles. The molecule has 0 radical (unpaired) electrons. The van der Waals surface area contributed by atoms with Crippen molar-refractivity contribution in [1.82, 2.24) is 10.2 Å². The van der Waals surface area contributed by atoms with Crippen LogP contribution in [0.4, 0.5) is 4.39 Å². The average molecular weight is 501 g/mol. The topological polar surface area (TPSA) is 50.8 Å². The maximum Gasteiger partial charge on any atom is 0.244 e. The van der Waals surface area contributed by atoms with Gasteiger partial charge in [0.05, 0.1) is 12.2 Å². The molecule has 6 heteroatoms. The highest BCUT2D eigenvalue weighted by Gasteiger charge is 2.42. The van der Waals surface area contributed by atoms with E-state index in [2.05, 4.69) is 34.5 Å². The van der Waals surface area contributed by atoms with Gasteiger partial charge in [0.25, 0.3) is 0 Å². The summed E-state index contributed by atoms with van der Waals surface area (Å²) in [7, 11) is 1.62. The molecule has 192 valence electrons. The smallest absolute Gasteiger partial charge is 0.244 e. The third-order valence-electron chi connectivity index (χ3n) is 7.47. The highest BCUT2D eigenvalue weighted by Crippen LogP contribution is 2.44. The van der Waals surface area contributed by atoms with Gasteiger partial charge in [-0.2, -0.15) is 0 Å². The SMILES string of the molecule is CNC(=O)/C=C(\C)c1ccc(OCc2ccc(CN3CCC4(CC3)OCc3ccc(F)cc34)cc2)cc1. The van der Waals surface area contributed by atoms with Gasteiger partial charge in [-0.05, 0) is 77.4 Å². The third-order valence-corrected chi connectivity index (χ3v) is 7.47. The number of carbonyl (C=O) groups is 1. The van der Waals surface area contributed by atoms with Gasteiger partial charge in [-0.3, -0.25) is 9.69 Å². The third kappa shape index (κ3) is 5.76. The van der Waals surface area contributed by atoms with Crippen LogP contribution in [-0.2, 0) is 34.9 Å². The van der Waals surface area contributed by atoms with Gasteiger partial charge in [-0.1, -0.05) is 42.5 Å². The lowest BCUT2D eigenvalue weighted by molar-refractivity contribution is -0.116. The summed E-state index contributed by atoms with van der Waals surface area (Å²) in [6.45, 7) is 5.72. The lowest BCUT2D eigenvalue weighted by Gasteiger charge is -2.39. The molecule has 1 fully saturated rings. The van der Waals surface area contributed by atoms with Crippen molar-refractivity contribution in [1.29, 1.82) is 0 Å². The van der Waals surface area contributed by atoms with E-state index in [1.165, 1.54) is 11.6 Å². The van der Waals surface area contributed by atoms with Gasteiger partial charge in [0, 0.05) is 32.8 Å². The van der Waals surface area contributed by atoms with E-state index in [-0.39, 0.29) is 17.3 Å². The molecule has 1 saturated heterocycles. The second kappa shape index (κ2) is 10.9. The quantitative estimate of drug-likeness (QED) is 0.431. The molecule has 3 aromatic carbocycles. The molecule has 37 heavy (non-hydrogen) atoms. The highest BCUT2D eigenvalue weighted by atomic mass is 19.1. The number of allylic oxidation sites excluding steroid dienone is 1. The summed E-state index contributed by atoms with van der Waals surface area (Å²) in [5.74, 6) is 0.492. The van der Waals surface area contributed by atoms with Crippen molar-refractivity contribution in [3.05, 3.63) is 106 Å². The van der Waals surface area contributed by atoms with Gasteiger partial charge in [0.1, 0.15) is 18.2 Å². The van der Waals surface area contributed by atoms with Crippen LogP contribution in [0.15, 0.2) is 72.8 Å². The van der Waals surface area contributed by atoms with Crippen molar-refractivity contribution in [3.63, 3.8) is 0 Å². The predicted molar refractivity (Wildman–Crippen MR) is 142 cm³/mol. The monoisotopic (exact) mass is 500 g/mol. The second-order valence-corrected chi connectivity index (χ2v) is 9.93. The molecule has 2 aliphatic rings. The number of hydrogen-bond donors (Lipinski definition) is 1. The summed E-state index contributed by atoms with van der Waals surface area (Å²) in [5.41, 5.74) is 6.10. The van der Waals surface area contributed by atoms with E-state index in [1.807, 2.05) is 37.3 Å². The first-order valence-electron chi connectivity index (χ1n) is 12.8. The number of amides is 1. The number of piperidine rings is 1. The summed E-state index contributed by atoms with van der Waals surface area (Å²) < 4.78 is 26.0. The summed E-state index contributed by atoms with van der Waals surface area (Å²) in [6.07, 6.45) is 3.35. The van der Waals surface area contributed by atoms with E-state index < -0.39 is 0 Å². The fraction of sp³-hybridized carbons (Fsp3) is 0.323. The molecular weight excluding hydrogens is 467 g/mol. The number of ether oxygens (including phenoxy) is 2. The predicted octanol–water partition coefficient (Wildman–Crippen LogP) is 5.58. The molecule has 5 nitrogen and oxygen atoms in total. The fourth-order valence-corrected chi connectivity index (χ4v) is 5.21. The van der Waals surface area contributed by atoms with Crippen molar-refractivity contribution in [2.24, 2.45) is 0 Å². The summed E-state index contributed by atoms with van der Waals surface area (Å²) in [6, 6.07) is 21.4. The molecule has 1 amide bonds. The van der Waals surface area contributed by atoms with Gasteiger partial charge < -0.3 is 14.8 Å². The molecule has 0 atom stereocenters. The first-order valence-corrected chi connectivity index (χ1v) is 12.8. The number of likely N-dealkylation sites (N-methyl/N-ethyl adjacent to an activating group) is 1. The van der Waals surface area contributed by atoms with Crippen LogP contribution in [0.3, 0.4) is 0 Å². The summed E-state index contributed by atoms with van der Waals surface area (Å²) in [4.78, 5) is 14.0. The number of rotatable bonds is 7. The first-order chi connectivity index (χ1) is 17.9. The Hall–Kier alpha value is -3.48. The lowest BCUT2D eigenvalue weighted by atomic mass is 9.83. The van der Waals surface area contributed by atoms with Crippen molar-refractivity contribution < 1.29 is 18.7 Å². The van der Waals surface area contributed by atoms with Crippen molar-refractivity contribution in [2.45, 2.75) is 45.1 Å². The van der Waals surface area contributed by atoms with Gasteiger partial charge >= 0.3 is 0 Å². The van der Waals surface area contributed by atoms with Crippen LogP contribution in [0, 0.1) is 5.82 Å². The molecule has 0 aromatic heterocycles. The van der Waals surface area contributed by atoms with Gasteiger partial charge in [-0.25, -0.2) is 4.39 Å². The minimum atomic E-state index is -0.327. The van der Waals surface area contributed by atoms with E-state index >= 15 is 0 Å². The van der Waals surface area contributed by atoms with Crippen LogP contribution in [0.5, 0.6) is 5.75 Å². The van der Waals surface area contributed by atoms with E-state index in [0.29, 0.717) is 13.2 Å². The zero-order chi connectivity index (χ0) is 25.8. The van der Waals surface area contributed by atoms with Gasteiger partial charge in [0.2, 0.25) is 5.91 Å². The zero-order valence-electron chi connectivity index (χ0n) is 21.4. The Morgan fingerprint density at radius 2 is 1.76 bits per heavy atom. The zero-order valence-corrected chi connectivity index (χ0v) is 21.4. The van der Waals surface area contributed by atoms with Crippen molar-refractivity contribution in [2.75, 3.05) is 20.1 Å². The Morgan fingerprint density at radius 1 is 1.05 bits per heavy atom. The molecule has 5 rings (SSSR count). The first kappa shape index (κ1) is 25.2. The number of halogens is 1. The van der Waals surface area contributed by atoms with Gasteiger partial charge in [0.15, 0.2) is 0 Å². The number of carbonyl (C=O) groups excluding carboxylic acids is 1. The maximum atomic E-state index is 13.9. The van der Waals surface area contributed by atoms with Crippen molar-refractivity contribution in [3.8, 4) is 5.75 Å². The second-order valence-electron chi connectivity index (χ2n) is 9.93. The molecular formula is C31H33FN2O3. The molecule has 0 bridgehead atoms. The number of nitrogens with one attached hydrogen (secondary N) is 1. The number of nitrogens with zero attached hydrogens (tertiary/aromatic N) is 1. The van der Waals surface area contributed by atoms with E-state index in [1.54, 1.807) is 19.2 Å². The summed E-state index contributed by atoms with van der Waals surface area (Å²) >= 11 is 0. The number of fused-ring (bicyclic) bond motifs is 2. The standard InChI is InChI=1S/C31H33FN2O3/c1-22(17-30(35)33-2)25-8-11-28(12-9-25)36-20-24-5-3-23(4-6-24)19-34-15-13-31(14-16-34)29-18-27(32)10-7-26(29)21-37-31/h3-12,17-18H,13-16,19-21H2,1-2H3,(H,33,35)/b22-17+. The van der Waals surface area contributed by atoms with E-state index in [4.69, 9.17) is 9.47 Å². The largest absolute Gasteiger partial charge is 0.489 e. The molecule has 1 N–H and O–H groups in total. The van der Waals surface area contributed by atoms with E-state index in [9.17, 15) is 9.18 Å². The molecule has 1 spiro atoms. The van der Waals surface area contributed by atoms with Crippen LogP contribution in [-0.4, -0.2) is 30.9 Å². The van der Waals surface area contributed by atoms with Crippen molar-refractivity contribution >= 4 is 11.5 Å². The molecule has 0 saturated carbocycles. The lowest BCUT2D eigenvalue weighted by Crippen LogP contribution is -2.42. The van der Waals surface area contributed by atoms with Gasteiger partial charge in [-0.15, -0.1) is 0 Å². The van der Waals surface area contributed by atoms with Crippen LogP contribution in [0.2, 0.25) is 0 Å². The molecule has 2 aliphatic heterocycles. The maximum absolute atomic E-state index is 13.9. The summed E-state index contributed by atoms with van der Waals surface area (Å²) in [5, 5.41) is 2.60. The average Bonchev–Trinajstić information content (AvgIpc) is 3.26. The minimum Gasteiger partial charge on any atom is -0.489 e. The molecule has 2 heterocycles. The number of benzene rings is 3. The van der Waals surface area contributed by atoms with E-state index in [0.717, 1.165) is 66.1 Å². The van der Waals surface area contributed by atoms with Crippen LogP contribution in [0.1, 0.15) is 47.6 Å². The Labute approximate surface area is 217 Å². The van der Waals surface area contributed by atoms with Crippen LogP contribution in [0.25, 0.3) is 5.57 Å². The van der Waals surface area contributed by atoms with Crippen LogP contribution >= 0.6 is 0 Å². The Balaban J connectivity index is 1.11. The number of likely N-dealkylation sites (tertiary alicyclic amines) is 1. The Bertz CT molecular complexity index is 1280. The molecule has 0 unspecified atom stereocenters. The molecule has 3 aromatic rings. The Morgan fingerprint density at radius 3 is 2.46 bits per heavy atom.